The van der Waals surface area contributed by atoms with Crippen LogP contribution in [0.2, 0.25) is 0 Å². The van der Waals surface area contributed by atoms with E-state index < -0.39 is 0 Å². The number of unbranched alkanes of at least 4 members (excludes halogenated alkanes) is 3. The second kappa shape index (κ2) is 4.74. The summed E-state index contributed by atoms with van der Waals surface area (Å²) in [6.07, 6.45) is 5.69. The lowest BCUT2D eigenvalue weighted by molar-refractivity contribution is 0.374. The van der Waals surface area contributed by atoms with Crippen molar-refractivity contribution in [2.24, 2.45) is 0 Å². The molecule has 0 saturated heterocycles. The molecule has 0 aliphatic heterocycles. The molecular weight excluding hydrogens is 154 g/mol. The van der Waals surface area contributed by atoms with E-state index in [-0.39, 0.29) is 5.95 Å². The van der Waals surface area contributed by atoms with Crippen molar-refractivity contribution in [1.29, 1.82) is 0 Å². The molecule has 1 aromatic rings. The minimum atomic E-state index is 0.237. The van der Waals surface area contributed by atoms with E-state index in [0.717, 1.165) is 12.8 Å². The van der Waals surface area contributed by atoms with Crippen molar-refractivity contribution in [3.8, 4) is 0 Å². The van der Waals surface area contributed by atoms with Gasteiger partial charge in [0, 0.05) is 6.42 Å². The fourth-order valence-corrected chi connectivity index (χ4v) is 1.07. The summed E-state index contributed by atoms with van der Waals surface area (Å²) < 4.78 is 4.86. The van der Waals surface area contributed by atoms with E-state index in [2.05, 4.69) is 17.1 Å². The zero-order valence-corrected chi connectivity index (χ0v) is 7.42. The van der Waals surface area contributed by atoms with Crippen molar-refractivity contribution < 1.29 is 4.52 Å². The van der Waals surface area contributed by atoms with Gasteiger partial charge in [-0.25, -0.2) is 0 Å². The van der Waals surface area contributed by atoms with Gasteiger partial charge in [0.05, 0.1) is 0 Å². The molecule has 4 nitrogen and oxygen atoms in total. The fraction of sp³-hybridized carbons (Fsp3) is 0.750. The molecule has 1 aromatic heterocycles. The van der Waals surface area contributed by atoms with Gasteiger partial charge in [-0.3, -0.25) is 0 Å². The summed E-state index contributed by atoms with van der Waals surface area (Å²) in [5.74, 6) is 0.893. The SMILES string of the molecule is CCCCCCc1nc(N)no1. The van der Waals surface area contributed by atoms with Crippen LogP contribution in [0, 0.1) is 0 Å². The predicted octanol–water partition coefficient (Wildman–Crippen LogP) is 1.77. The molecule has 0 saturated carbocycles. The molecule has 0 fully saturated rings. The molecule has 68 valence electrons. The molecule has 0 spiro atoms. The molecule has 1 heterocycles. The minimum Gasteiger partial charge on any atom is -0.365 e. The Morgan fingerprint density at radius 1 is 1.33 bits per heavy atom. The van der Waals surface area contributed by atoms with Gasteiger partial charge in [0.1, 0.15) is 0 Å². The van der Waals surface area contributed by atoms with Gasteiger partial charge in [0.25, 0.3) is 5.95 Å². The van der Waals surface area contributed by atoms with Crippen LogP contribution in [0.5, 0.6) is 0 Å². The third-order valence-corrected chi connectivity index (χ3v) is 1.73. The summed E-state index contributed by atoms with van der Waals surface area (Å²) >= 11 is 0. The van der Waals surface area contributed by atoms with E-state index in [1.807, 2.05) is 0 Å². The molecular formula is C8H15N3O. The Kier molecular flexibility index (Phi) is 3.57. The largest absolute Gasteiger partial charge is 0.365 e. The Morgan fingerprint density at radius 3 is 2.75 bits per heavy atom. The van der Waals surface area contributed by atoms with Crippen LogP contribution in [0.15, 0.2) is 4.52 Å². The Labute approximate surface area is 72.1 Å². The van der Waals surface area contributed by atoms with Gasteiger partial charge in [0.15, 0.2) is 0 Å². The van der Waals surface area contributed by atoms with Crippen molar-refractivity contribution in [2.75, 3.05) is 5.73 Å². The molecule has 0 radical (unpaired) electrons. The van der Waals surface area contributed by atoms with E-state index in [4.69, 9.17) is 10.3 Å². The van der Waals surface area contributed by atoms with Gasteiger partial charge in [-0.1, -0.05) is 26.2 Å². The number of rotatable bonds is 5. The molecule has 2 N–H and O–H groups in total. The van der Waals surface area contributed by atoms with Crippen LogP contribution < -0.4 is 5.73 Å². The van der Waals surface area contributed by atoms with Crippen LogP contribution in [0.25, 0.3) is 0 Å². The van der Waals surface area contributed by atoms with E-state index in [1.54, 1.807) is 0 Å². The fourth-order valence-electron chi connectivity index (χ4n) is 1.07. The summed E-state index contributed by atoms with van der Waals surface area (Å²) in [5, 5.41) is 3.51. The topological polar surface area (TPSA) is 64.9 Å². The quantitative estimate of drug-likeness (QED) is 0.682. The zero-order valence-electron chi connectivity index (χ0n) is 7.42. The van der Waals surface area contributed by atoms with Crippen LogP contribution in [-0.4, -0.2) is 10.1 Å². The number of nitrogens with zero attached hydrogens (tertiary/aromatic N) is 2. The van der Waals surface area contributed by atoms with E-state index in [0.29, 0.717) is 5.89 Å². The monoisotopic (exact) mass is 169 g/mol. The maximum atomic E-state index is 5.29. The molecule has 0 unspecified atom stereocenters. The molecule has 0 atom stereocenters. The van der Waals surface area contributed by atoms with Gasteiger partial charge < -0.3 is 10.3 Å². The highest BCUT2D eigenvalue weighted by molar-refractivity contribution is 5.10. The highest BCUT2D eigenvalue weighted by atomic mass is 16.5. The number of nitrogens with two attached hydrogens (primary N) is 1. The minimum absolute atomic E-state index is 0.237. The van der Waals surface area contributed by atoms with E-state index in [9.17, 15) is 0 Å². The molecule has 0 aromatic carbocycles. The summed E-state index contributed by atoms with van der Waals surface area (Å²) in [7, 11) is 0. The van der Waals surface area contributed by atoms with Gasteiger partial charge in [-0.15, -0.1) is 0 Å². The summed E-state index contributed by atoms with van der Waals surface area (Å²) in [5.41, 5.74) is 5.29. The van der Waals surface area contributed by atoms with E-state index in [1.165, 1.54) is 19.3 Å². The smallest absolute Gasteiger partial charge is 0.260 e. The molecule has 0 bridgehead atoms. The maximum absolute atomic E-state index is 5.29. The van der Waals surface area contributed by atoms with Gasteiger partial charge in [-0.05, 0) is 11.6 Å². The molecule has 12 heavy (non-hydrogen) atoms. The van der Waals surface area contributed by atoms with Crippen LogP contribution in [0.4, 0.5) is 5.95 Å². The Bertz CT molecular complexity index is 222. The highest BCUT2D eigenvalue weighted by Crippen LogP contribution is 2.06. The van der Waals surface area contributed by atoms with Gasteiger partial charge >= 0.3 is 0 Å². The third-order valence-electron chi connectivity index (χ3n) is 1.73. The van der Waals surface area contributed by atoms with Crippen molar-refractivity contribution in [1.82, 2.24) is 10.1 Å². The lowest BCUT2D eigenvalue weighted by Crippen LogP contribution is -1.88. The second-order valence-corrected chi connectivity index (χ2v) is 2.86. The average molecular weight is 169 g/mol. The summed E-state index contributed by atoms with van der Waals surface area (Å²) in [6.45, 7) is 2.19. The molecule has 1 rings (SSSR count). The van der Waals surface area contributed by atoms with Crippen LogP contribution in [0.1, 0.15) is 38.5 Å². The van der Waals surface area contributed by atoms with Gasteiger partial charge in [-0.2, -0.15) is 4.98 Å². The van der Waals surface area contributed by atoms with Crippen molar-refractivity contribution in [3.05, 3.63) is 5.89 Å². The van der Waals surface area contributed by atoms with Crippen molar-refractivity contribution in [3.63, 3.8) is 0 Å². The van der Waals surface area contributed by atoms with Gasteiger partial charge in [0.2, 0.25) is 5.89 Å². The van der Waals surface area contributed by atoms with Crippen molar-refractivity contribution in [2.45, 2.75) is 39.0 Å². The Morgan fingerprint density at radius 2 is 2.17 bits per heavy atom. The first-order valence-corrected chi connectivity index (χ1v) is 4.41. The lowest BCUT2D eigenvalue weighted by atomic mass is 10.1. The Balaban J connectivity index is 2.15. The first-order valence-electron chi connectivity index (χ1n) is 4.41. The summed E-state index contributed by atoms with van der Waals surface area (Å²) in [4.78, 5) is 3.91. The van der Waals surface area contributed by atoms with Crippen molar-refractivity contribution >= 4 is 5.95 Å². The first kappa shape index (κ1) is 9.03. The molecule has 0 aliphatic rings. The number of hydrogen-bond acceptors (Lipinski definition) is 4. The average Bonchev–Trinajstić information content (AvgIpc) is 2.45. The maximum Gasteiger partial charge on any atom is 0.260 e. The number of anilines is 1. The number of hydrogen-bond donors (Lipinski definition) is 1. The standard InChI is InChI=1S/C8H15N3O/c1-2-3-4-5-6-7-10-8(9)11-12-7/h2-6H2,1H3,(H2,9,11). The number of aromatic nitrogens is 2. The second-order valence-electron chi connectivity index (χ2n) is 2.86. The molecule has 0 aliphatic carbocycles. The normalized spacial score (nSPS) is 10.4. The third kappa shape index (κ3) is 2.90. The highest BCUT2D eigenvalue weighted by Gasteiger charge is 2.01. The number of nitrogen functional groups attached to an aromatic ring is 1. The van der Waals surface area contributed by atoms with Crippen LogP contribution >= 0.6 is 0 Å². The lowest BCUT2D eigenvalue weighted by Gasteiger charge is -1.93. The molecule has 4 heteroatoms. The number of aryl methyl sites for hydroxylation is 1. The van der Waals surface area contributed by atoms with E-state index >= 15 is 0 Å². The Hall–Kier alpha value is -1.06. The molecule has 0 amide bonds. The van der Waals surface area contributed by atoms with Crippen LogP contribution in [-0.2, 0) is 6.42 Å². The summed E-state index contributed by atoms with van der Waals surface area (Å²) in [6, 6.07) is 0. The predicted molar refractivity (Wildman–Crippen MR) is 46.6 cm³/mol. The van der Waals surface area contributed by atoms with Crippen LogP contribution in [0.3, 0.4) is 0 Å². The first-order chi connectivity index (χ1) is 5.83. The zero-order chi connectivity index (χ0) is 8.81.